The number of halogens is 12. The quantitative estimate of drug-likeness (QED) is 0.309. The molecule has 0 aromatic carbocycles. The van der Waals surface area contributed by atoms with Crippen molar-refractivity contribution in [3.63, 3.8) is 0 Å². The van der Waals surface area contributed by atoms with Crippen LogP contribution in [0.4, 0.5) is 52.7 Å². The van der Waals surface area contributed by atoms with Crippen molar-refractivity contribution in [2.24, 2.45) is 0 Å². The zero-order chi connectivity index (χ0) is 24.0. The Labute approximate surface area is 153 Å². The fraction of sp³-hybridized carbons (Fsp3) is 0.333. The zero-order valence-corrected chi connectivity index (χ0v) is 13.0. The van der Waals surface area contributed by atoms with Crippen LogP contribution in [0.15, 0.2) is 22.3 Å². The Hall–Kier alpha value is -3.08. The summed E-state index contributed by atoms with van der Waals surface area (Å²) in [5.74, 6) is -9.33. The first-order valence-corrected chi connectivity index (χ1v) is 6.40. The van der Waals surface area contributed by atoms with Gasteiger partial charge in [0.15, 0.2) is 22.3 Å². The lowest BCUT2D eigenvalue weighted by atomic mass is 10.1. The number of esters is 4. The molecule has 2 aliphatic rings. The van der Waals surface area contributed by atoms with Crippen LogP contribution in [0.3, 0.4) is 0 Å². The molecule has 18 heteroatoms. The number of rotatable bonds is 0. The molecular weight excluding hydrogens is 468 g/mol. The SMILES string of the molecule is O=C1OC(=O)C(C(F)(F)F)=C1C(F)(F)F.O=C1OC(=O)C(C(F)(F)F)=C1C(F)(F)F. The largest absolute Gasteiger partial charge is 0.424 e. The van der Waals surface area contributed by atoms with E-state index in [4.69, 9.17) is 0 Å². The van der Waals surface area contributed by atoms with Gasteiger partial charge in [-0.1, -0.05) is 0 Å². The van der Waals surface area contributed by atoms with Gasteiger partial charge in [0, 0.05) is 0 Å². The minimum absolute atomic E-state index is 2.33. The van der Waals surface area contributed by atoms with Gasteiger partial charge in [0.05, 0.1) is 0 Å². The van der Waals surface area contributed by atoms with Crippen LogP contribution in [0.5, 0.6) is 0 Å². The third-order valence-corrected chi connectivity index (χ3v) is 2.82. The molecule has 30 heavy (non-hydrogen) atoms. The van der Waals surface area contributed by atoms with Crippen LogP contribution in [-0.4, -0.2) is 48.6 Å². The van der Waals surface area contributed by atoms with E-state index in [1.54, 1.807) is 0 Å². The first-order valence-electron chi connectivity index (χ1n) is 6.40. The van der Waals surface area contributed by atoms with E-state index in [9.17, 15) is 71.9 Å². The van der Waals surface area contributed by atoms with Crippen LogP contribution in [0.25, 0.3) is 0 Å². The molecule has 2 rings (SSSR count). The fourth-order valence-electron chi connectivity index (χ4n) is 1.81. The topological polar surface area (TPSA) is 86.7 Å². The van der Waals surface area contributed by atoms with Gasteiger partial charge in [-0.05, 0) is 0 Å². The molecule has 0 N–H and O–H groups in total. The molecule has 168 valence electrons. The van der Waals surface area contributed by atoms with Gasteiger partial charge < -0.3 is 9.47 Å². The normalized spacial score (nSPS) is 18.5. The summed E-state index contributed by atoms with van der Waals surface area (Å²) in [6.07, 6.45) is -22.3. The van der Waals surface area contributed by atoms with Crippen molar-refractivity contribution in [1.29, 1.82) is 0 Å². The summed E-state index contributed by atoms with van der Waals surface area (Å²) >= 11 is 0. The first-order chi connectivity index (χ1) is 13.1. The standard InChI is InChI=1S/2C6F6O3/c2*7-5(8,9)1-2(6(10,11)12)4(14)15-3(1)13. The Morgan fingerprint density at radius 3 is 0.600 bits per heavy atom. The van der Waals surface area contributed by atoms with Crippen LogP contribution in [0.2, 0.25) is 0 Å². The molecule has 0 aromatic rings. The van der Waals surface area contributed by atoms with E-state index >= 15 is 0 Å². The highest BCUT2D eigenvalue weighted by molar-refractivity contribution is 6.14. The van der Waals surface area contributed by atoms with Crippen LogP contribution in [0.1, 0.15) is 0 Å². The van der Waals surface area contributed by atoms with E-state index in [1.165, 1.54) is 0 Å². The van der Waals surface area contributed by atoms with Crippen molar-refractivity contribution >= 4 is 23.9 Å². The van der Waals surface area contributed by atoms with Crippen molar-refractivity contribution in [3.05, 3.63) is 22.3 Å². The molecule has 0 atom stereocenters. The van der Waals surface area contributed by atoms with E-state index in [1.807, 2.05) is 0 Å². The molecule has 6 nitrogen and oxygen atoms in total. The molecule has 0 fully saturated rings. The maximum absolute atomic E-state index is 12.0. The monoisotopic (exact) mass is 468 g/mol. The van der Waals surface area contributed by atoms with E-state index < -0.39 is 70.9 Å². The van der Waals surface area contributed by atoms with Crippen LogP contribution < -0.4 is 0 Å². The molecule has 0 unspecified atom stereocenters. The van der Waals surface area contributed by atoms with Gasteiger partial charge in [0.1, 0.15) is 0 Å². The number of cyclic esters (lactones) is 4. The number of carbonyl (C=O) groups is 4. The van der Waals surface area contributed by atoms with Crippen LogP contribution in [0, 0.1) is 0 Å². The van der Waals surface area contributed by atoms with Gasteiger partial charge in [-0.2, -0.15) is 52.7 Å². The first kappa shape index (κ1) is 25.0. The van der Waals surface area contributed by atoms with E-state index in [0.717, 1.165) is 0 Å². The van der Waals surface area contributed by atoms with E-state index in [0.29, 0.717) is 0 Å². The Kier molecular flexibility index (Phi) is 6.08. The third kappa shape index (κ3) is 5.09. The van der Waals surface area contributed by atoms with Gasteiger partial charge in [-0.15, -0.1) is 0 Å². The fourth-order valence-corrected chi connectivity index (χ4v) is 1.81. The highest BCUT2D eigenvalue weighted by Crippen LogP contribution is 2.41. The Balaban J connectivity index is 0.000000300. The minimum atomic E-state index is -5.58. The highest BCUT2D eigenvalue weighted by atomic mass is 19.4. The summed E-state index contributed by atoms with van der Waals surface area (Å²) in [7, 11) is 0. The molecule has 0 aromatic heterocycles. The predicted octanol–water partition coefficient (Wildman–Crippen LogP) is 2.98. The second-order valence-electron chi connectivity index (χ2n) is 4.84. The number of hydrogen-bond donors (Lipinski definition) is 0. The highest BCUT2D eigenvalue weighted by Gasteiger charge is 2.58. The predicted molar refractivity (Wildman–Crippen MR) is 60.5 cm³/mol. The summed E-state index contributed by atoms with van der Waals surface area (Å²) in [6.45, 7) is 0. The van der Waals surface area contributed by atoms with Crippen molar-refractivity contribution in [2.45, 2.75) is 24.7 Å². The Morgan fingerprint density at radius 1 is 0.367 bits per heavy atom. The van der Waals surface area contributed by atoms with Crippen molar-refractivity contribution < 1.29 is 81.3 Å². The molecule has 0 amide bonds. The zero-order valence-electron chi connectivity index (χ0n) is 13.0. The average molecular weight is 468 g/mol. The maximum atomic E-state index is 12.0. The number of alkyl halides is 12. The molecule has 2 heterocycles. The Bertz CT molecular complexity index is 724. The van der Waals surface area contributed by atoms with Crippen LogP contribution >= 0.6 is 0 Å². The summed E-state index contributed by atoms with van der Waals surface area (Å²) in [4.78, 5) is 41.5. The molecule has 0 spiro atoms. The van der Waals surface area contributed by atoms with Crippen molar-refractivity contribution in [1.82, 2.24) is 0 Å². The van der Waals surface area contributed by atoms with E-state index in [2.05, 4.69) is 9.47 Å². The smallest absolute Gasteiger partial charge is 0.386 e. The summed E-state index contributed by atoms with van der Waals surface area (Å²) in [6, 6.07) is 0. The molecule has 2 aliphatic heterocycles. The lowest BCUT2D eigenvalue weighted by Crippen LogP contribution is -2.24. The lowest BCUT2D eigenvalue weighted by Gasteiger charge is -2.08. The number of hydrogen-bond acceptors (Lipinski definition) is 6. The lowest BCUT2D eigenvalue weighted by molar-refractivity contribution is -0.159. The molecule has 0 saturated carbocycles. The van der Waals surface area contributed by atoms with E-state index in [-0.39, 0.29) is 0 Å². The van der Waals surface area contributed by atoms with Crippen LogP contribution in [-0.2, 0) is 28.7 Å². The number of carbonyl (C=O) groups excluding carboxylic acids is 4. The molecule has 0 saturated heterocycles. The van der Waals surface area contributed by atoms with Gasteiger partial charge in [0.2, 0.25) is 0 Å². The molecule has 0 bridgehead atoms. The van der Waals surface area contributed by atoms with Gasteiger partial charge in [0.25, 0.3) is 0 Å². The molecule has 0 aliphatic carbocycles. The Morgan fingerprint density at radius 2 is 0.500 bits per heavy atom. The van der Waals surface area contributed by atoms with Crippen molar-refractivity contribution in [2.75, 3.05) is 0 Å². The second-order valence-corrected chi connectivity index (χ2v) is 4.84. The average Bonchev–Trinajstić information content (AvgIpc) is 2.92. The minimum Gasteiger partial charge on any atom is -0.386 e. The summed E-state index contributed by atoms with van der Waals surface area (Å²) in [5, 5.41) is 0. The molecular formula is C12F12O6. The van der Waals surface area contributed by atoms with Gasteiger partial charge >= 0.3 is 48.6 Å². The van der Waals surface area contributed by atoms with Gasteiger partial charge in [-0.25, -0.2) is 19.2 Å². The second kappa shape index (κ2) is 7.31. The van der Waals surface area contributed by atoms with Crippen molar-refractivity contribution in [3.8, 4) is 0 Å². The number of ether oxygens (including phenoxy) is 2. The summed E-state index contributed by atoms with van der Waals surface area (Å²) in [5.41, 5.74) is -10.4. The maximum Gasteiger partial charge on any atom is 0.424 e. The van der Waals surface area contributed by atoms with Gasteiger partial charge in [-0.3, -0.25) is 0 Å². The molecule has 0 radical (unpaired) electrons. The summed E-state index contributed by atoms with van der Waals surface area (Å²) < 4.78 is 150. The third-order valence-electron chi connectivity index (χ3n) is 2.82.